The van der Waals surface area contributed by atoms with Crippen LogP contribution in [0.1, 0.15) is 52.4 Å². The predicted molar refractivity (Wildman–Crippen MR) is 65.1 cm³/mol. The van der Waals surface area contributed by atoms with E-state index in [2.05, 4.69) is 0 Å². The predicted octanol–water partition coefficient (Wildman–Crippen LogP) is 2.35. The van der Waals surface area contributed by atoms with E-state index in [4.69, 9.17) is 0 Å². The maximum atomic E-state index is 11.7. The Kier molecular flexibility index (Phi) is 4.96. The lowest BCUT2D eigenvalue weighted by atomic mass is 9.99. The molecule has 0 heterocycles. The van der Waals surface area contributed by atoms with Gasteiger partial charge in [-0.05, 0) is 33.1 Å². The summed E-state index contributed by atoms with van der Waals surface area (Å²) < 4.78 is 23.0. The van der Waals surface area contributed by atoms with E-state index in [9.17, 15) is 13.2 Å². The van der Waals surface area contributed by atoms with E-state index < -0.39 is 9.84 Å². The van der Waals surface area contributed by atoms with Crippen molar-refractivity contribution >= 4 is 15.6 Å². The fraction of sp³-hybridized carbons (Fsp3) is 0.917. The smallest absolute Gasteiger partial charge is 0.152 e. The minimum absolute atomic E-state index is 0.156. The normalized spacial score (nSPS) is 18.2. The molecule has 0 atom stereocenters. The molecule has 0 aliphatic heterocycles. The molecule has 1 saturated carbocycles. The Bertz CT molecular complexity index is 324. The van der Waals surface area contributed by atoms with Gasteiger partial charge in [-0.2, -0.15) is 0 Å². The van der Waals surface area contributed by atoms with Gasteiger partial charge in [-0.3, -0.25) is 4.79 Å². The summed E-state index contributed by atoms with van der Waals surface area (Å²) in [4.78, 5) is 11.7. The molecular formula is C12H22O3S. The van der Waals surface area contributed by atoms with Gasteiger partial charge in [-0.25, -0.2) is 8.42 Å². The topological polar surface area (TPSA) is 51.2 Å². The van der Waals surface area contributed by atoms with Crippen molar-refractivity contribution in [3.8, 4) is 0 Å². The molecule has 1 aliphatic carbocycles. The second kappa shape index (κ2) is 5.80. The van der Waals surface area contributed by atoms with Crippen LogP contribution < -0.4 is 0 Å². The van der Waals surface area contributed by atoms with Crippen LogP contribution in [0.25, 0.3) is 0 Å². The molecule has 0 aromatic heterocycles. The van der Waals surface area contributed by atoms with Crippen molar-refractivity contribution in [2.45, 2.75) is 57.6 Å². The van der Waals surface area contributed by atoms with Gasteiger partial charge in [0, 0.05) is 12.3 Å². The quantitative estimate of drug-likeness (QED) is 0.723. The molecule has 1 rings (SSSR count). The van der Waals surface area contributed by atoms with Crippen LogP contribution in [0.15, 0.2) is 0 Å². The third-order valence-electron chi connectivity index (χ3n) is 3.38. The third-order valence-corrected chi connectivity index (χ3v) is 5.67. The molecule has 0 unspecified atom stereocenters. The van der Waals surface area contributed by atoms with Crippen molar-refractivity contribution in [3.05, 3.63) is 0 Å². The average molecular weight is 246 g/mol. The Morgan fingerprint density at radius 2 is 1.81 bits per heavy atom. The van der Waals surface area contributed by atoms with Gasteiger partial charge in [0.15, 0.2) is 9.84 Å². The molecule has 0 amide bonds. The zero-order valence-corrected chi connectivity index (χ0v) is 11.1. The number of sulfone groups is 1. The molecule has 16 heavy (non-hydrogen) atoms. The van der Waals surface area contributed by atoms with Crippen molar-refractivity contribution < 1.29 is 13.2 Å². The largest absolute Gasteiger partial charge is 0.299 e. The molecule has 0 spiro atoms. The lowest BCUT2D eigenvalue weighted by molar-refractivity contribution is -0.122. The van der Waals surface area contributed by atoms with Crippen molar-refractivity contribution in [1.82, 2.24) is 0 Å². The maximum Gasteiger partial charge on any atom is 0.152 e. The fourth-order valence-electron chi connectivity index (χ4n) is 2.14. The molecule has 1 fully saturated rings. The van der Waals surface area contributed by atoms with Gasteiger partial charge in [0.1, 0.15) is 5.78 Å². The van der Waals surface area contributed by atoms with E-state index in [1.807, 2.05) is 0 Å². The lowest BCUT2D eigenvalue weighted by Crippen LogP contribution is -2.19. The zero-order chi connectivity index (χ0) is 12.2. The maximum absolute atomic E-state index is 11.7. The standard InChI is InChI=1S/C12H22O3S/c1-10(2)16(14,15)9-5-8-12(13)11-6-3-4-7-11/h10-11H,3-9H2,1-2H3. The SMILES string of the molecule is CC(C)S(=O)(=O)CCCC(=O)C1CCCC1. The molecule has 0 radical (unpaired) electrons. The monoisotopic (exact) mass is 246 g/mol. The highest BCUT2D eigenvalue weighted by atomic mass is 32.2. The minimum Gasteiger partial charge on any atom is -0.299 e. The minimum atomic E-state index is -2.97. The summed E-state index contributed by atoms with van der Waals surface area (Å²) in [6.45, 7) is 3.38. The van der Waals surface area contributed by atoms with E-state index in [1.54, 1.807) is 13.8 Å². The first kappa shape index (κ1) is 13.7. The lowest BCUT2D eigenvalue weighted by Gasteiger charge is -2.09. The molecular weight excluding hydrogens is 224 g/mol. The van der Waals surface area contributed by atoms with E-state index in [1.165, 1.54) is 0 Å². The number of Topliss-reactive ketones (excluding diaryl/α,β-unsaturated/α-hetero) is 1. The van der Waals surface area contributed by atoms with Gasteiger partial charge in [-0.15, -0.1) is 0 Å². The van der Waals surface area contributed by atoms with E-state index in [-0.39, 0.29) is 22.7 Å². The molecule has 94 valence electrons. The highest BCUT2D eigenvalue weighted by molar-refractivity contribution is 7.91. The molecule has 0 saturated heterocycles. The van der Waals surface area contributed by atoms with Crippen LogP contribution in [0.2, 0.25) is 0 Å². The van der Waals surface area contributed by atoms with Crippen molar-refractivity contribution in [3.63, 3.8) is 0 Å². The van der Waals surface area contributed by atoms with Crippen LogP contribution in [0.3, 0.4) is 0 Å². The molecule has 4 heteroatoms. The fourth-order valence-corrected chi connectivity index (χ4v) is 3.15. The molecule has 1 aliphatic rings. The van der Waals surface area contributed by atoms with Gasteiger partial charge in [0.2, 0.25) is 0 Å². The van der Waals surface area contributed by atoms with E-state index in [0.717, 1.165) is 25.7 Å². The molecule has 3 nitrogen and oxygen atoms in total. The number of carbonyl (C=O) groups excluding carboxylic acids is 1. The summed E-state index contributed by atoms with van der Waals surface area (Å²) in [5.41, 5.74) is 0. The van der Waals surface area contributed by atoms with Crippen LogP contribution in [0.5, 0.6) is 0 Å². The second-order valence-electron chi connectivity index (χ2n) is 4.97. The summed E-state index contributed by atoms with van der Waals surface area (Å²) in [6.07, 6.45) is 5.26. The van der Waals surface area contributed by atoms with Gasteiger partial charge in [0.05, 0.1) is 11.0 Å². The molecule has 0 aromatic carbocycles. The summed E-state index contributed by atoms with van der Waals surface area (Å²) in [5.74, 6) is 0.654. The highest BCUT2D eigenvalue weighted by Gasteiger charge is 2.23. The average Bonchev–Trinajstić information content (AvgIpc) is 2.69. The van der Waals surface area contributed by atoms with Crippen molar-refractivity contribution in [2.24, 2.45) is 5.92 Å². The Morgan fingerprint density at radius 1 is 1.25 bits per heavy atom. The van der Waals surface area contributed by atoms with E-state index in [0.29, 0.717) is 12.8 Å². The number of rotatable bonds is 6. The first-order chi connectivity index (χ1) is 7.43. The Labute approximate surface area is 98.5 Å². The van der Waals surface area contributed by atoms with Gasteiger partial charge >= 0.3 is 0 Å². The van der Waals surface area contributed by atoms with Crippen molar-refractivity contribution in [1.29, 1.82) is 0 Å². The van der Waals surface area contributed by atoms with Gasteiger partial charge < -0.3 is 0 Å². The van der Waals surface area contributed by atoms with Crippen LogP contribution in [0, 0.1) is 5.92 Å². The van der Waals surface area contributed by atoms with Crippen LogP contribution in [-0.2, 0) is 14.6 Å². The molecule has 0 N–H and O–H groups in total. The molecule has 0 bridgehead atoms. The summed E-state index contributed by atoms with van der Waals surface area (Å²) in [6, 6.07) is 0. The molecule has 0 aromatic rings. The van der Waals surface area contributed by atoms with Gasteiger partial charge in [0.25, 0.3) is 0 Å². The third kappa shape index (κ3) is 3.89. The zero-order valence-electron chi connectivity index (χ0n) is 10.2. The van der Waals surface area contributed by atoms with Crippen LogP contribution in [0.4, 0.5) is 0 Å². The number of hydrogen-bond acceptors (Lipinski definition) is 3. The van der Waals surface area contributed by atoms with Crippen molar-refractivity contribution in [2.75, 3.05) is 5.75 Å². The second-order valence-corrected chi connectivity index (χ2v) is 7.64. The number of ketones is 1. The summed E-state index contributed by atoms with van der Waals surface area (Å²) in [5, 5.41) is -0.325. The summed E-state index contributed by atoms with van der Waals surface area (Å²) in [7, 11) is -2.97. The van der Waals surface area contributed by atoms with E-state index >= 15 is 0 Å². The number of hydrogen-bond donors (Lipinski definition) is 0. The summed E-state index contributed by atoms with van der Waals surface area (Å²) >= 11 is 0. The first-order valence-electron chi connectivity index (χ1n) is 6.18. The van der Waals surface area contributed by atoms with Crippen LogP contribution >= 0.6 is 0 Å². The van der Waals surface area contributed by atoms with Crippen LogP contribution in [-0.4, -0.2) is 25.2 Å². The number of carbonyl (C=O) groups is 1. The Hall–Kier alpha value is -0.380. The Morgan fingerprint density at radius 3 is 2.31 bits per heavy atom. The first-order valence-corrected chi connectivity index (χ1v) is 7.89. The highest BCUT2D eigenvalue weighted by Crippen LogP contribution is 2.26. The Balaban J connectivity index is 2.27. The van der Waals surface area contributed by atoms with Gasteiger partial charge in [-0.1, -0.05) is 12.8 Å².